The zero-order chi connectivity index (χ0) is 23.7. The largest absolute Gasteiger partial charge is 0.462 e. The van der Waals surface area contributed by atoms with Gasteiger partial charge in [-0.15, -0.1) is 0 Å². The maximum atomic E-state index is 12.2. The summed E-state index contributed by atoms with van der Waals surface area (Å²) >= 11 is 3.89. The summed E-state index contributed by atoms with van der Waals surface area (Å²) in [6.07, 6.45) is 1.08. The van der Waals surface area contributed by atoms with Crippen LogP contribution in [0.4, 0.5) is 15.3 Å². The van der Waals surface area contributed by atoms with Crippen LogP contribution in [0.1, 0.15) is 28.8 Å². The fourth-order valence-corrected chi connectivity index (χ4v) is 3.52. The van der Waals surface area contributed by atoms with Crippen LogP contribution in [0, 0.1) is 6.92 Å². The van der Waals surface area contributed by atoms with E-state index in [9.17, 15) is 22.8 Å². The summed E-state index contributed by atoms with van der Waals surface area (Å²) in [7, 11) is -4.01. The molecule has 0 radical (unpaired) electrons. The quantitative estimate of drug-likeness (QED) is 0.246. The van der Waals surface area contributed by atoms with Gasteiger partial charge >= 0.3 is 18.0 Å². The maximum Gasteiger partial charge on any atom is 0.338 e. The van der Waals surface area contributed by atoms with Gasteiger partial charge in [-0.3, -0.25) is 4.31 Å². The van der Waals surface area contributed by atoms with Gasteiger partial charge in [0, 0.05) is 12.2 Å². The van der Waals surface area contributed by atoms with Crippen LogP contribution in [0.3, 0.4) is 0 Å². The molecule has 0 spiro atoms. The Morgan fingerprint density at radius 1 is 1.03 bits per heavy atom. The summed E-state index contributed by atoms with van der Waals surface area (Å²) in [5.74, 6) is -0.555. The van der Waals surface area contributed by atoms with Crippen molar-refractivity contribution in [1.29, 1.82) is 0 Å². The Kier molecular flexibility index (Phi) is 8.91. The van der Waals surface area contributed by atoms with Gasteiger partial charge in [-0.25, -0.2) is 27.5 Å². The van der Waals surface area contributed by atoms with E-state index in [0.29, 0.717) is 25.1 Å². The van der Waals surface area contributed by atoms with Gasteiger partial charge in [-0.2, -0.15) is 0 Å². The molecule has 0 saturated heterocycles. The molecule has 2 rings (SSSR count). The summed E-state index contributed by atoms with van der Waals surface area (Å²) < 4.78 is 32.6. The van der Waals surface area contributed by atoms with Crippen molar-refractivity contribution in [3.05, 3.63) is 59.7 Å². The minimum atomic E-state index is -4.01. The van der Waals surface area contributed by atoms with Gasteiger partial charge in [-0.1, -0.05) is 30.5 Å². The van der Waals surface area contributed by atoms with Crippen LogP contribution in [0.5, 0.6) is 0 Å². The van der Waals surface area contributed by atoms with Gasteiger partial charge in [0.2, 0.25) is 0 Å². The van der Waals surface area contributed by atoms with Gasteiger partial charge in [0.15, 0.2) is 0 Å². The molecule has 0 aliphatic rings. The number of sulfonamides is 1. The molecule has 0 bridgehead atoms. The Balaban J connectivity index is 1.81. The Hall–Kier alpha value is -3.25. The molecule has 172 valence electrons. The Bertz CT molecular complexity index is 1060. The molecule has 12 heteroatoms. The van der Waals surface area contributed by atoms with Crippen LogP contribution in [0.2, 0.25) is 0 Å². The monoisotopic (exact) mass is 480 g/mol. The van der Waals surface area contributed by atoms with Crippen LogP contribution in [0.15, 0.2) is 53.4 Å². The highest BCUT2D eigenvalue weighted by Crippen LogP contribution is 2.13. The number of amides is 4. The molecule has 0 aliphatic carbocycles. The van der Waals surface area contributed by atoms with Crippen molar-refractivity contribution in [2.24, 2.45) is 5.73 Å². The minimum absolute atomic E-state index is 0.0342. The molecule has 2 aromatic rings. The van der Waals surface area contributed by atoms with E-state index in [1.165, 1.54) is 36.4 Å². The lowest BCUT2D eigenvalue weighted by atomic mass is 10.2. The maximum absolute atomic E-state index is 12.2. The highest BCUT2D eigenvalue weighted by molar-refractivity contribution is 7.90. The smallest absolute Gasteiger partial charge is 0.338 e. The minimum Gasteiger partial charge on any atom is -0.462 e. The van der Waals surface area contributed by atoms with Gasteiger partial charge < -0.3 is 15.8 Å². The number of hydrogen-bond donors (Lipinski definition) is 4. The molecule has 32 heavy (non-hydrogen) atoms. The van der Waals surface area contributed by atoms with E-state index in [2.05, 4.69) is 18.1 Å². The van der Waals surface area contributed by atoms with Crippen LogP contribution in [-0.4, -0.2) is 43.9 Å². The molecule has 10 nitrogen and oxygen atoms in total. The summed E-state index contributed by atoms with van der Waals surface area (Å²) in [6, 6.07) is 10.2. The van der Waals surface area contributed by atoms with Gasteiger partial charge in [0.05, 0.1) is 17.1 Å². The molecule has 4 N–H and O–H groups in total. The molecular formula is C20H24N4O6S2. The standard InChI is InChI=1S/C20H24N4O6S2/c1-14-4-10-17(11-5-14)32(28,29)23-20(27)22-16-8-6-15(7-9-16)18(25)30-13-3-2-12-24(31)19(21)26/h4-11,31H,2-3,12-13H2,1H3,(H2,21,26)(H2,22,23,27). The van der Waals surface area contributed by atoms with Crippen molar-refractivity contribution >= 4 is 46.6 Å². The highest BCUT2D eigenvalue weighted by atomic mass is 32.2. The van der Waals surface area contributed by atoms with Crippen LogP contribution >= 0.6 is 12.8 Å². The first-order valence-corrected chi connectivity index (χ1v) is 11.4. The number of urea groups is 2. The zero-order valence-electron chi connectivity index (χ0n) is 17.3. The molecule has 2 aromatic carbocycles. The number of benzene rings is 2. The molecule has 0 unspecified atom stereocenters. The zero-order valence-corrected chi connectivity index (χ0v) is 19.0. The fourth-order valence-electron chi connectivity index (χ4n) is 2.47. The van der Waals surface area contributed by atoms with Gasteiger partial charge in [0.25, 0.3) is 10.0 Å². The average Bonchev–Trinajstić information content (AvgIpc) is 2.73. The first-order valence-electron chi connectivity index (χ1n) is 9.52. The van der Waals surface area contributed by atoms with E-state index < -0.39 is 28.1 Å². The number of nitrogens with one attached hydrogen (secondary N) is 2. The Labute approximate surface area is 191 Å². The third-order valence-electron chi connectivity index (χ3n) is 4.19. The number of carbonyl (C=O) groups excluding carboxylic acids is 3. The van der Waals surface area contributed by atoms with E-state index in [1.807, 2.05) is 11.6 Å². The SMILES string of the molecule is Cc1ccc(S(=O)(=O)NC(=O)Nc2ccc(C(=O)OCCCCN(S)C(N)=O)cc2)cc1. The number of anilines is 1. The van der Waals surface area contributed by atoms with Crippen molar-refractivity contribution in [2.75, 3.05) is 18.5 Å². The number of primary amides is 1. The lowest BCUT2D eigenvalue weighted by Crippen LogP contribution is -2.34. The summed E-state index contributed by atoms with van der Waals surface area (Å²) in [5, 5.41) is 2.39. The summed E-state index contributed by atoms with van der Waals surface area (Å²) in [5.41, 5.74) is 6.48. The number of nitrogens with two attached hydrogens (primary N) is 1. The number of esters is 1. The summed E-state index contributed by atoms with van der Waals surface area (Å²) in [6.45, 7) is 2.30. The molecule has 4 amide bonds. The normalized spacial score (nSPS) is 10.8. The van der Waals surface area contributed by atoms with Crippen molar-refractivity contribution in [3.63, 3.8) is 0 Å². The average molecular weight is 481 g/mol. The molecule has 0 atom stereocenters. The number of thiol groups is 1. The number of hydrogen-bond acceptors (Lipinski definition) is 7. The number of carbonyl (C=O) groups is 3. The van der Waals surface area contributed by atoms with Crippen LogP contribution < -0.4 is 15.8 Å². The molecule has 0 heterocycles. The van der Waals surface area contributed by atoms with E-state index in [0.717, 1.165) is 9.87 Å². The number of ether oxygens (including phenoxy) is 1. The van der Waals surface area contributed by atoms with E-state index in [-0.39, 0.29) is 17.1 Å². The Morgan fingerprint density at radius 3 is 2.25 bits per heavy atom. The summed E-state index contributed by atoms with van der Waals surface area (Å²) in [4.78, 5) is 34.9. The first kappa shape index (κ1) is 25.0. The molecule has 0 aliphatic heterocycles. The van der Waals surface area contributed by atoms with E-state index in [4.69, 9.17) is 10.5 Å². The molecule has 0 aromatic heterocycles. The number of aryl methyl sites for hydroxylation is 1. The molecule has 0 fully saturated rings. The number of rotatable bonds is 9. The predicted molar refractivity (Wildman–Crippen MR) is 122 cm³/mol. The second kappa shape index (κ2) is 11.4. The molecule has 0 saturated carbocycles. The highest BCUT2D eigenvalue weighted by Gasteiger charge is 2.17. The lowest BCUT2D eigenvalue weighted by molar-refractivity contribution is 0.0497. The van der Waals surface area contributed by atoms with Crippen molar-refractivity contribution < 1.29 is 27.5 Å². The van der Waals surface area contributed by atoms with Crippen molar-refractivity contribution in [2.45, 2.75) is 24.7 Å². The van der Waals surface area contributed by atoms with Crippen molar-refractivity contribution in [3.8, 4) is 0 Å². The number of nitrogens with zero attached hydrogens (tertiary/aromatic N) is 1. The van der Waals surface area contributed by atoms with Gasteiger partial charge in [0.1, 0.15) is 0 Å². The number of unbranched alkanes of at least 4 members (excludes halogenated alkanes) is 1. The third kappa shape index (κ3) is 7.78. The van der Waals surface area contributed by atoms with E-state index >= 15 is 0 Å². The van der Waals surface area contributed by atoms with Crippen LogP contribution in [-0.2, 0) is 14.8 Å². The van der Waals surface area contributed by atoms with Crippen LogP contribution in [0.25, 0.3) is 0 Å². The fraction of sp³-hybridized carbons (Fsp3) is 0.250. The second-order valence-electron chi connectivity index (χ2n) is 6.75. The first-order chi connectivity index (χ1) is 15.1. The predicted octanol–water partition coefficient (Wildman–Crippen LogP) is 2.67. The topological polar surface area (TPSA) is 148 Å². The van der Waals surface area contributed by atoms with Gasteiger partial charge in [-0.05, 0) is 56.2 Å². The van der Waals surface area contributed by atoms with Crippen molar-refractivity contribution in [1.82, 2.24) is 9.03 Å². The third-order valence-corrected chi connectivity index (χ3v) is 5.93. The van der Waals surface area contributed by atoms with E-state index in [1.54, 1.807) is 12.1 Å². The second-order valence-corrected chi connectivity index (χ2v) is 8.92. The lowest BCUT2D eigenvalue weighted by Gasteiger charge is -2.12. The Morgan fingerprint density at radius 2 is 1.66 bits per heavy atom. The molecular weight excluding hydrogens is 456 g/mol.